The standard InChI is InChI=1S/C22H23N3O2/c26-22(25-17-18-11-14-23-15-12-18)24-13-6-16-27-21-10-5-4-9-20(21)19-7-2-1-3-8-19/h1-5,7-12,14-15H,6,13,16-17H2,(H2,24,25,26). The molecule has 2 aromatic carbocycles. The zero-order valence-electron chi connectivity index (χ0n) is 15.1. The van der Waals surface area contributed by atoms with E-state index in [-0.39, 0.29) is 6.03 Å². The van der Waals surface area contributed by atoms with Crippen LogP contribution in [0.2, 0.25) is 0 Å². The third kappa shape index (κ3) is 5.85. The zero-order chi connectivity index (χ0) is 18.7. The summed E-state index contributed by atoms with van der Waals surface area (Å²) >= 11 is 0. The van der Waals surface area contributed by atoms with Crippen LogP contribution in [0.15, 0.2) is 79.1 Å². The molecule has 2 N–H and O–H groups in total. The number of aromatic nitrogens is 1. The first-order valence-corrected chi connectivity index (χ1v) is 9.01. The molecule has 1 heterocycles. The van der Waals surface area contributed by atoms with Crippen LogP contribution in [0.5, 0.6) is 5.75 Å². The number of hydrogen-bond acceptors (Lipinski definition) is 3. The number of rotatable bonds is 8. The molecule has 0 saturated heterocycles. The molecule has 0 bridgehead atoms. The molecule has 0 fully saturated rings. The Balaban J connectivity index is 1.39. The Morgan fingerprint density at radius 3 is 2.44 bits per heavy atom. The van der Waals surface area contributed by atoms with Gasteiger partial charge in [0.25, 0.3) is 0 Å². The van der Waals surface area contributed by atoms with Gasteiger partial charge in [0.05, 0.1) is 6.61 Å². The van der Waals surface area contributed by atoms with E-state index >= 15 is 0 Å². The number of benzene rings is 2. The molecule has 3 aromatic rings. The van der Waals surface area contributed by atoms with Crippen LogP contribution < -0.4 is 15.4 Å². The van der Waals surface area contributed by atoms with Crippen LogP contribution in [0.25, 0.3) is 11.1 Å². The smallest absolute Gasteiger partial charge is 0.315 e. The minimum absolute atomic E-state index is 0.184. The van der Waals surface area contributed by atoms with Crippen LogP contribution >= 0.6 is 0 Å². The third-order valence-electron chi connectivity index (χ3n) is 4.04. The van der Waals surface area contributed by atoms with E-state index in [2.05, 4.69) is 33.8 Å². The summed E-state index contributed by atoms with van der Waals surface area (Å²) in [6.07, 6.45) is 4.14. The Morgan fingerprint density at radius 1 is 0.889 bits per heavy atom. The summed E-state index contributed by atoms with van der Waals surface area (Å²) in [5.41, 5.74) is 3.21. The largest absolute Gasteiger partial charge is 0.493 e. The molecule has 2 amide bonds. The predicted octanol–water partition coefficient (Wildman–Crippen LogP) is 4.02. The Kier molecular flexibility index (Phi) is 6.81. The van der Waals surface area contributed by atoms with E-state index in [4.69, 9.17) is 4.74 Å². The number of amides is 2. The number of carbonyl (C=O) groups excluding carboxylic acids is 1. The van der Waals surface area contributed by atoms with E-state index in [1.54, 1.807) is 12.4 Å². The van der Waals surface area contributed by atoms with Crippen molar-refractivity contribution in [1.82, 2.24) is 15.6 Å². The molecule has 3 rings (SSSR count). The first kappa shape index (κ1) is 18.5. The number of pyridine rings is 1. The minimum atomic E-state index is -0.184. The Bertz CT molecular complexity index is 838. The second-order valence-electron chi connectivity index (χ2n) is 6.03. The number of ether oxygens (including phenoxy) is 1. The summed E-state index contributed by atoms with van der Waals surface area (Å²) in [4.78, 5) is 15.8. The SMILES string of the molecule is O=C(NCCCOc1ccccc1-c1ccccc1)NCc1ccncc1. The average Bonchev–Trinajstić information content (AvgIpc) is 2.74. The fraction of sp³-hybridized carbons (Fsp3) is 0.182. The minimum Gasteiger partial charge on any atom is -0.493 e. The lowest BCUT2D eigenvalue weighted by atomic mass is 10.1. The second-order valence-corrected chi connectivity index (χ2v) is 6.03. The van der Waals surface area contributed by atoms with E-state index in [1.165, 1.54) is 0 Å². The highest BCUT2D eigenvalue weighted by atomic mass is 16.5. The molecule has 138 valence electrons. The van der Waals surface area contributed by atoms with Crippen molar-refractivity contribution in [1.29, 1.82) is 0 Å². The van der Waals surface area contributed by atoms with Crippen LogP contribution in [0.1, 0.15) is 12.0 Å². The van der Waals surface area contributed by atoms with E-state index < -0.39 is 0 Å². The van der Waals surface area contributed by atoms with Crippen molar-refractivity contribution < 1.29 is 9.53 Å². The lowest BCUT2D eigenvalue weighted by molar-refractivity contribution is 0.238. The molecule has 0 aliphatic heterocycles. The van der Waals surface area contributed by atoms with Crippen molar-refractivity contribution in [3.05, 3.63) is 84.7 Å². The summed E-state index contributed by atoms with van der Waals surface area (Å²) in [5, 5.41) is 5.66. The van der Waals surface area contributed by atoms with Crippen LogP contribution in [-0.2, 0) is 6.54 Å². The maximum Gasteiger partial charge on any atom is 0.315 e. The first-order chi connectivity index (χ1) is 13.3. The number of para-hydroxylation sites is 1. The van der Waals surface area contributed by atoms with Gasteiger partial charge in [0.1, 0.15) is 5.75 Å². The van der Waals surface area contributed by atoms with E-state index in [1.807, 2.05) is 48.5 Å². The van der Waals surface area contributed by atoms with E-state index in [0.29, 0.717) is 19.7 Å². The summed E-state index contributed by atoms with van der Waals surface area (Å²) in [6.45, 7) is 1.57. The molecule has 0 saturated carbocycles. The second kappa shape index (κ2) is 9.97. The van der Waals surface area contributed by atoms with Gasteiger partial charge in [0.2, 0.25) is 0 Å². The fourth-order valence-corrected chi connectivity index (χ4v) is 2.65. The number of hydrogen-bond donors (Lipinski definition) is 2. The monoisotopic (exact) mass is 361 g/mol. The van der Waals surface area contributed by atoms with E-state index in [0.717, 1.165) is 28.9 Å². The molecule has 0 unspecified atom stereocenters. The highest BCUT2D eigenvalue weighted by Gasteiger charge is 2.05. The maximum absolute atomic E-state index is 11.8. The van der Waals surface area contributed by atoms with Gasteiger partial charge < -0.3 is 15.4 Å². The van der Waals surface area contributed by atoms with Gasteiger partial charge in [-0.15, -0.1) is 0 Å². The normalized spacial score (nSPS) is 10.2. The van der Waals surface area contributed by atoms with Crippen LogP contribution in [-0.4, -0.2) is 24.2 Å². The van der Waals surface area contributed by atoms with Crippen LogP contribution in [0, 0.1) is 0 Å². The van der Waals surface area contributed by atoms with Crippen molar-refractivity contribution in [2.24, 2.45) is 0 Å². The molecule has 1 aromatic heterocycles. The molecular formula is C22H23N3O2. The summed E-state index contributed by atoms with van der Waals surface area (Å²) in [5.74, 6) is 0.853. The highest BCUT2D eigenvalue weighted by Crippen LogP contribution is 2.29. The third-order valence-corrected chi connectivity index (χ3v) is 4.04. The maximum atomic E-state index is 11.8. The van der Waals surface area contributed by atoms with Gasteiger partial charge in [-0.1, -0.05) is 48.5 Å². The summed E-state index contributed by atoms with van der Waals surface area (Å²) in [7, 11) is 0. The van der Waals surface area contributed by atoms with Crippen LogP contribution in [0.3, 0.4) is 0 Å². The Morgan fingerprint density at radius 2 is 1.63 bits per heavy atom. The van der Waals surface area contributed by atoms with Crippen molar-refractivity contribution in [2.45, 2.75) is 13.0 Å². The molecule has 0 radical (unpaired) electrons. The first-order valence-electron chi connectivity index (χ1n) is 9.01. The van der Waals surface area contributed by atoms with Gasteiger partial charge in [-0.05, 0) is 35.7 Å². The molecule has 5 nitrogen and oxygen atoms in total. The molecule has 0 aliphatic rings. The molecular weight excluding hydrogens is 338 g/mol. The average molecular weight is 361 g/mol. The van der Waals surface area contributed by atoms with Gasteiger partial charge in [-0.25, -0.2) is 4.79 Å². The number of carbonyl (C=O) groups is 1. The molecule has 27 heavy (non-hydrogen) atoms. The number of urea groups is 1. The molecule has 0 atom stereocenters. The van der Waals surface area contributed by atoms with Crippen LogP contribution in [0.4, 0.5) is 4.79 Å². The zero-order valence-corrected chi connectivity index (χ0v) is 15.1. The predicted molar refractivity (Wildman–Crippen MR) is 106 cm³/mol. The fourth-order valence-electron chi connectivity index (χ4n) is 2.65. The highest BCUT2D eigenvalue weighted by molar-refractivity contribution is 5.73. The lowest BCUT2D eigenvalue weighted by Crippen LogP contribution is -2.36. The Hall–Kier alpha value is -3.34. The molecule has 5 heteroatoms. The van der Waals surface area contributed by atoms with Gasteiger partial charge in [0.15, 0.2) is 0 Å². The van der Waals surface area contributed by atoms with Crippen molar-refractivity contribution in [2.75, 3.05) is 13.2 Å². The lowest BCUT2D eigenvalue weighted by Gasteiger charge is -2.12. The quantitative estimate of drug-likeness (QED) is 0.596. The van der Waals surface area contributed by atoms with Crippen molar-refractivity contribution in [3.63, 3.8) is 0 Å². The molecule has 0 spiro atoms. The number of nitrogens with zero attached hydrogens (tertiary/aromatic N) is 1. The van der Waals surface area contributed by atoms with Gasteiger partial charge >= 0.3 is 6.03 Å². The Labute approximate surface area is 159 Å². The summed E-state index contributed by atoms with van der Waals surface area (Å²) < 4.78 is 5.92. The van der Waals surface area contributed by atoms with E-state index in [9.17, 15) is 4.79 Å². The van der Waals surface area contributed by atoms with Gasteiger partial charge in [0, 0.05) is 31.0 Å². The van der Waals surface area contributed by atoms with Crippen molar-refractivity contribution in [3.8, 4) is 16.9 Å². The van der Waals surface area contributed by atoms with Gasteiger partial charge in [-0.2, -0.15) is 0 Å². The van der Waals surface area contributed by atoms with Crippen molar-refractivity contribution >= 4 is 6.03 Å². The topological polar surface area (TPSA) is 63.2 Å². The molecule has 0 aliphatic carbocycles. The summed E-state index contributed by atoms with van der Waals surface area (Å²) in [6, 6.07) is 21.7. The number of nitrogens with one attached hydrogen (secondary N) is 2. The van der Waals surface area contributed by atoms with Gasteiger partial charge in [-0.3, -0.25) is 4.98 Å².